The Bertz CT molecular complexity index is 544. The van der Waals surface area contributed by atoms with E-state index in [0.717, 1.165) is 30.9 Å². The number of aromatic nitrogens is 2. The van der Waals surface area contributed by atoms with Gasteiger partial charge in [-0.15, -0.1) is 0 Å². The van der Waals surface area contributed by atoms with Gasteiger partial charge in [-0.05, 0) is 44.5 Å². The molecule has 0 radical (unpaired) electrons. The molecule has 1 atom stereocenters. The van der Waals surface area contributed by atoms with E-state index in [1.165, 1.54) is 6.42 Å². The highest BCUT2D eigenvalue weighted by molar-refractivity contribution is 5.30. The van der Waals surface area contributed by atoms with Gasteiger partial charge in [0.2, 0.25) is 0 Å². The molecule has 0 aliphatic carbocycles. The normalized spacial score (nSPS) is 22.9. The first kappa shape index (κ1) is 13.3. The quantitative estimate of drug-likeness (QED) is 0.928. The zero-order chi connectivity index (χ0) is 13.8. The van der Waals surface area contributed by atoms with Gasteiger partial charge in [0.25, 0.3) is 0 Å². The monoisotopic (exact) mass is 271 g/mol. The zero-order valence-electron chi connectivity index (χ0n) is 11.9. The van der Waals surface area contributed by atoms with Crippen LogP contribution in [-0.4, -0.2) is 28.5 Å². The van der Waals surface area contributed by atoms with E-state index in [-0.39, 0.29) is 5.60 Å². The number of hydrogen-bond donors (Lipinski definition) is 1. The van der Waals surface area contributed by atoms with Crippen LogP contribution in [0.2, 0.25) is 0 Å². The van der Waals surface area contributed by atoms with Gasteiger partial charge in [-0.25, -0.2) is 4.68 Å². The summed E-state index contributed by atoms with van der Waals surface area (Å²) in [7, 11) is 0. The van der Waals surface area contributed by atoms with Crippen LogP contribution in [0.3, 0.4) is 0 Å². The first-order chi connectivity index (χ1) is 9.75. The van der Waals surface area contributed by atoms with Crippen molar-refractivity contribution in [2.24, 2.45) is 0 Å². The lowest BCUT2D eigenvalue weighted by atomic mass is 9.96. The molecule has 2 aromatic rings. The lowest BCUT2D eigenvalue weighted by Gasteiger charge is -2.33. The zero-order valence-corrected chi connectivity index (χ0v) is 11.9. The molecule has 1 unspecified atom stereocenters. The number of nitrogens with zero attached hydrogens (tertiary/aromatic N) is 2. The molecule has 1 N–H and O–H groups in total. The summed E-state index contributed by atoms with van der Waals surface area (Å²) in [5, 5.41) is 7.96. The minimum atomic E-state index is -0.0607. The van der Waals surface area contributed by atoms with E-state index < -0.39 is 0 Å². The van der Waals surface area contributed by atoms with Crippen LogP contribution in [0.1, 0.15) is 25.5 Å². The van der Waals surface area contributed by atoms with Gasteiger partial charge in [0.1, 0.15) is 0 Å². The molecule has 1 aliphatic heterocycles. The summed E-state index contributed by atoms with van der Waals surface area (Å²) in [6.45, 7) is 4.76. The average Bonchev–Trinajstić information content (AvgIpc) is 2.96. The third kappa shape index (κ3) is 3.08. The smallest absolute Gasteiger partial charge is 0.0914 e. The molecule has 106 valence electrons. The van der Waals surface area contributed by atoms with Gasteiger partial charge in [0.05, 0.1) is 23.6 Å². The van der Waals surface area contributed by atoms with Gasteiger partial charge < -0.3 is 10.1 Å². The Morgan fingerprint density at radius 3 is 2.90 bits per heavy atom. The van der Waals surface area contributed by atoms with Crippen LogP contribution >= 0.6 is 0 Å². The van der Waals surface area contributed by atoms with Crippen LogP contribution in [-0.2, 0) is 11.3 Å². The third-order valence-electron chi connectivity index (χ3n) is 3.79. The van der Waals surface area contributed by atoms with Crippen LogP contribution < -0.4 is 5.32 Å². The lowest BCUT2D eigenvalue weighted by molar-refractivity contribution is -0.0584. The molecule has 1 fully saturated rings. The first-order valence-corrected chi connectivity index (χ1v) is 7.20. The topological polar surface area (TPSA) is 39.1 Å². The van der Waals surface area contributed by atoms with Crippen molar-refractivity contribution in [1.82, 2.24) is 15.1 Å². The summed E-state index contributed by atoms with van der Waals surface area (Å²) in [6, 6.07) is 12.2. The number of benzene rings is 1. The minimum Gasteiger partial charge on any atom is -0.368 e. The molecular formula is C16H21N3O. The number of nitrogens with one attached hydrogen (secondary N) is 1. The van der Waals surface area contributed by atoms with Crippen LogP contribution in [0.5, 0.6) is 0 Å². The van der Waals surface area contributed by atoms with E-state index in [0.29, 0.717) is 6.61 Å². The summed E-state index contributed by atoms with van der Waals surface area (Å²) in [4.78, 5) is 0. The van der Waals surface area contributed by atoms with E-state index >= 15 is 0 Å². The maximum Gasteiger partial charge on any atom is 0.0914 e. The minimum absolute atomic E-state index is 0.0607. The molecule has 4 nitrogen and oxygen atoms in total. The van der Waals surface area contributed by atoms with Crippen molar-refractivity contribution in [3.8, 4) is 5.69 Å². The molecule has 1 aliphatic rings. The van der Waals surface area contributed by atoms with E-state index in [4.69, 9.17) is 4.74 Å². The van der Waals surface area contributed by atoms with Gasteiger partial charge in [0, 0.05) is 12.7 Å². The maximum atomic E-state index is 6.07. The fourth-order valence-corrected chi connectivity index (χ4v) is 2.56. The Morgan fingerprint density at radius 2 is 2.15 bits per heavy atom. The Kier molecular flexibility index (Phi) is 3.85. The van der Waals surface area contributed by atoms with Gasteiger partial charge in [-0.3, -0.25) is 0 Å². The summed E-state index contributed by atoms with van der Waals surface area (Å²) < 4.78 is 7.96. The van der Waals surface area contributed by atoms with E-state index in [9.17, 15) is 0 Å². The van der Waals surface area contributed by atoms with Crippen molar-refractivity contribution < 1.29 is 4.74 Å². The predicted molar refractivity (Wildman–Crippen MR) is 78.9 cm³/mol. The number of ether oxygens (including phenoxy) is 1. The molecule has 0 bridgehead atoms. The molecule has 1 saturated heterocycles. The van der Waals surface area contributed by atoms with Crippen molar-refractivity contribution in [3.05, 3.63) is 48.3 Å². The molecule has 0 spiro atoms. The molecule has 0 amide bonds. The van der Waals surface area contributed by atoms with Gasteiger partial charge in [0.15, 0.2) is 0 Å². The number of piperidine rings is 1. The Hall–Kier alpha value is -1.65. The van der Waals surface area contributed by atoms with Crippen LogP contribution in [0.15, 0.2) is 42.6 Å². The lowest BCUT2D eigenvalue weighted by Crippen LogP contribution is -2.45. The largest absolute Gasteiger partial charge is 0.368 e. The van der Waals surface area contributed by atoms with Crippen molar-refractivity contribution in [3.63, 3.8) is 0 Å². The van der Waals surface area contributed by atoms with Crippen molar-refractivity contribution in [2.75, 3.05) is 13.1 Å². The Labute approximate surface area is 119 Å². The molecule has 2 heterocycles. The van der Waals surface area contributed by atoms with Crippen molar-refractivity contribution >= 4 is 0 Å². The molecule has 1 aromatic heterocycles. The standard InChI is InChI=1S/C16H21N3O/c1-16(9-5-10-17-13-16)20-12-14-8-11-19(18-14)15-6-3-2-4-7-15/h2-4,6-8,11,17H,5,9-10,12-13H2,1H3. The van der Waals surface area contributed by atoms with Crippen molar-refractivity contribution in [2.45, 2.75) is 32.0 Å². The second kappa shape index (κ2) is 5.77. The van der Waals surface area contributed by atoms with Gasteiger partial charge in [-0.2, -0.15) is 5.10 Å². The summed E-state index contributed by atoms with van der Waals surface area (Å²) in [5.41, 5.74) is 1.99. The molecular weight excluding hydrogens is 250 g/mol. The summed E-state index contributed by atoms with van der Waals surface area (Å²) in [5.74, 6) is 0. The second-order valence-corrected chi connectivity index (χ2v) is 5.61. The second-order valence-electron chi connectivity index (χ2n) is 5.61. The number of para-hydroxylation sites is 1. The molecule has 1 aromatic carbocycles. The third-order valence-corrected chi connectivity index (χ3v) is 3.79. The molecule has 0 saturated carbocycles. The van der Waals surface area contributed by atoms with Crippen LogP contribution in [0.4, 0.5) is 0 Å². The van der Waals surface area contributed by atoms with Crippen molar-refractivity contribution in [1.29, 1.82) is 0 Å². The summed E-state index contributed by atoms with van der Waals surface area (Å²) >= 11 is 0. The van der Waals surface area contributed by atoms with E-state index in [1.54, 1.807) is 0 Å². The average molecular weight is 271 g/mol. The van der Waals surface area contributed by atoms with Gasteiger partial charge in [-0.1, -0.05) is 18.2 Å². The Balaban J connectivity index is 1.63. The Morgan fingerprint density at radius 1 is 1.30 bits per heavy atom. The highest BCUT2D eigenvalue weighted by Crippen LogP contribution is 2.21. The summed E-state index contributed by atoms with van der Waals surface area (Å²) in [6.07, 6.45) is 4.27. The van der Waals surface area contributed by atoms with Crippen LogP contribution in [0, 0.1) is 0 Å². The molecule has 20 heavy (non-hydrogen) atoms. The number of hydrogen-bond acceptors (Lipinski definition) is 3. The van der Waals surface area contributed by atoms with E-state index in [2.05, 4.69) is 17.3 Å². The highest BCUT2D eigenvalue weighted by Gasteiger charge is 2.27. The van der Waals surface area contributed by atoms with Crippen LogP contribution in [0.25, 0.3) is 5.69 Å². The SMILES string of the molecule is CC1(OCc2ccn(-c3ccccc3)n2)CCCNC1. The van der Waals surface area contributed by atoms with E-state index in [1.807, 2.05) is 47.3 Å². The first-order valence-electron chi connectivity index (χ1n) is 7.20. The number of rotatable bonds is 4. The molecule has 4 heteroatoms. The fraction of sp³-hybridized carbons (Fsp3) is 0.438. The van der Waals surface area contributed by atoms with Gasteiger partial charge >= 0.3 is 0 Å². The molecule has 3 rings (SSSR count). The highest BCUT2D eigenvalue weighted by atomic mass is 16.5. The maximum absolute atomic E-state index is 6.07. The predicted octanol–water partition coefficient (Wildman–Crippen LogP) is 2.53. The fourth-order valence-electron chi connectivity index (χ4n) is 2.56.